The SMILES string of the molecule is [O]CCCCCc1cccnc1. The van der Waals surface area contributed by atoms with Crippen LogP contribution in [0.5, 0.6) is 0 Å². The molecule has 0 bridgehead atoms. The number of nitrogens with zero attached hydrogens (tertiary/aromatic N) is 1. The molecule has 1 aromatic rings. The van der Waals surface area contributed by atoms with Gasteiger partial charge in [-0.05, 0) is 30.9 Å². The fourth-order valence-corrected chi connectivity index (χ4v) is 1.15. The van der Waals surface area contributed by atoms with Gasteiger partial charge in [-0.25, -0.2) is 5.11 Å². The zero-order valence-corrected chi connectivity index (χ0v) is 7.20. The molecular weight excluding hydrogens is 150 g/mol. The van der Waals surface area contributed by atoms with Crippen molar-refractivity contribution in [2.24, 2.45) is 0 Å². The summed E-state index contributed by atoms with van der Waals surface area (Å²) in [4.78, 5) is 4.02. The first kappa shape index (κ1) is 9.20. The van der Waals surface area contributed by atoms with Gasteiger partial charge in [-0.1, -0.05) is 12.5 Å². The summed E-state index contributed by atoms with van der Waals surface area (Å²) in [5.74, 6) is 0. The highest BCUT2D eigenvalue weighted by Gasteiger charge is 1.91. The molecule has 0 aromatic carbocycles. The Balaban J connectivity index is 2.16. The van der Waals surface area contributed by atoms with Gasteiger partial charge in [0, 0.05) is 12.4 Å². The van der Waals surface area contributed by atoms with Gasteiger partial charge in [0.15, 0.2) is 0 Å². The van der Waals surface area contributed by atoms with Gasteiger partial charge in [0.25, 0.3) is 0 Å². The van der Waals surface area contributed by atoms with Gasteiger partial charge >= 0.3 is 0 Å². The van der Waals surface area contributed by atoms with E-state index in [1.807, 2.05) is 12.3 Å². The average molecular weight is 164 g/mol. The first-order valence-corrected chi connectivity index (χ1v) is 4.40. The van der Waals surface area contributed by atoms with Crippen LogP contribution >= 0.6 is 0 Å². The minimum Gasteiger partial charge on any atom is -0.264 e. The second-order valence-electron chi connectivity index (χ2n) is 2.88. The monoisotopic (exact) mass is 164 g/mol. The molecule has 0 N–H and O–H groups in total. The average Bonchev–Trinajstić information content (AvgIpc) is 2.14. The lowest BCUT2D eigenvalue weighted by Gasteiger charge is -1.98. The molecule has 1 radical (unpaired) electrons. The Kier molecular flexibility index (Phi) is 4.39. The van der Waals surface area contributed by atoms with Crippen LogP contribution in [0.1, 0.15) is 24.8 Å². The highest BCUT2D eigenvalue weighted by Crippen LogP contribution is 2.04. The first-order valence-electron chi connectivity index (χ1n) is 4.40. The molecule has 0 aliphatic heterocycles. The Labute approximate surface area is 73.3 Å². The summed E-state index contributed by atoms with van der Waals surface area (Å²) in [5, 5.41) is 10.1. The van der Waals surface area contributed by atoms with E-state index in [-0.39, 0.29) is 6.61 Å². The van der Waals surface area contributed by atoms with Crippen LogP contribution in [0.4, 0.5) is 0 Å². The summed E-state index contributed by atoms with van der Waals surface area (Å²) in [6.45, 7) is 0.0625. The highest BCUT2D eigenvalue weighted by atomic mass is 16.2. The molecule has 1 aromatic heterocycles. The van der Waals surface area contributed by atoms with Crippen molar-refractivity contribution < 1.29 is 5.11 Å². The molecule has 65 valence electrons. The van der Waals surface area contributed by atoms with Gasteiger partial charge in [0.1, 0.15) is 0 Å². The van der Waals surface area contributed by atoms with E-state index in [0.29, 0.717) is 0 Å². The van der Waals surface area contributed by atoms with Gasteiger partial charge in [-0.15, -0.1) is 0 Å². The molecule has 0 saturated carbocycles. The van der Waals surface area contributed by atoms with Crippen LogP contribution < -0.4 is 0 Å². The maximum absolute atomic E-state index is 10.1. The fourth-order valence-electron chi connectivity index (χ4n) is 1.15. The number of aryl methyl sites for hydroxylation is 1. The van der Waals surface area contributed by atoms with Gasteiger partial charge in [-0.3, -0.25) is 4.98 Å². The topological polar surface area (TPSA) is 32.8 Å². The molecule has 1 heterocycles. The van der Waals surface area contributed by atoms with E-state index < -0.39 is 0 Å². The number of pyridine rings is 1. The molecule has 0 aliphatic rings. The van der Waals surface area contributed by atoms with E-state index in [0.717, 1.165) is 25.7 Å². The molecule has 0 spiro atoms. The summed E-state index contributed by atoms with van der Waals surface area (Å²) in [5.41, 5.74) is 1.27. The first-order chi connectivity index (χ1) is 5.93. The maximum atomic E-state index is 10.1. The van der Waals surface area contributed by atoms with Crippen molar-refractivity contribution in [2.45, 2.75) is 25.7 Å². The summed E-state index contributed by atoms with van der Waals surface area (Å²) < 4.78 is 0. The van der Waals surface area contributed by atoms with Crippen LogP contribution in [0.15, 0.2) is 24.5 Å². The summed E-state index contributed by atoms with van der Waals surface area (Å²) >= 11 is 0. The number of aromatic nitrogens is 1. The van der Waals surface area contributed by atoms with Crippen LogP contribution in [0, 0.1) is 0 Å². The third-order valence-electron chi connectivity index (χ3n) is 1.83. The van der Waals surface area contributed by atoms with E-state index >= 15 is 0 Å². The maximum Gasteiger partial charge on any atom is 0.0822 e. The standard InChI is InChI=1S/C10H14NO/c12-8-3-1-2-5-10-6-4-7-11-9-10/h4,6-7,9H,1-3,5,8H2. The van der Waals surface area contributed by atoms with E-state index in [1.54, 1.807) is 6.20 Å². The lowest BCUT2D eigenvalue weighted by atomic mass is 10.1. The summed E-state index contributed by atoms with van der Waals surface area (Å²) in [7, 11) is 0. The molecule has 0 aliphatic carbocycles. The van der Waals surface area contributed by atoms with E-state index in [1.165, 1.54) is 5.56 Å². The fraction of sp³-hybridized carbons (Fsp3) is 0.500. The molecule has 1 rings (SSSR count). The van der Waals surface area contributed by atoms with Crippen LogP contribution in [-0.4, -0.2) is 11.6 Å². The molecule has 0 atom stereocenters. The molecule has 2 heteroatoms. The third-order valence-corrected chi connectivity index (χ3v) is 1.83. The zero-order chi connectivity index (χ0) is 8.65. The third kappa shape index (κ3) is 3.49. The van der Waals surface area contributed by atoms with Gasteiger partial charge in [0.05, 0.1) is 6.61 Å². The molecule has 0 amide bonds. The molecular formula is C10H14NO. The second-order valence-corrected chi connectivity index (χ2v) is 2.88. The Morgan fingerprint density at radius 2 is 2.17 bits per heavy atom. The van der Waals surface area contributed by atoms with Crippen molar-refractivity contribution in [1.29, 1.82) is 0 Å². The van der Waals surface area contributed by atoms with E-state index in [2.05, 4.69) is 11.1 Å². The van der Waals surface area contributed by atoms with Crippen LogP contribution in [-0.2, 0) is 11.5 Å². The lowest BCUT2D eigenvalue weighted by molar-refractivity contribution is 0.186. The van der Waals surface area contributed by atoms with Crippen molar-refractivity contribution in [3.63, 3.8) is 0 Å². The van der Waals surface area contributed by atoms with Gasteiger partial charge < -0.3 is 0 Å². The highest BCUT2D eigenvalue weighted by molar-refractivity contribution is 5.08. The van der Waals surface area contributed by atoms with Crippen molar-refractivity contribution in [3.8, 4) is 0 Å². The van der Waals surface area contributed by atoms with Crippen LogP contribution in [0.3, 0.4) is 0 Å². The normalized spacial score (nSPS) is 10.1. The Bertz CT molecular complexity index is 198. The van der Waals surface area contributed by atoms with Crippen molar-refractivity contribution in [3.05, 3.63) is 30.1 Å². The molecule has 0 unspecified atom stereocenters. The number of hydrogen-bond donors (Lipinski definition) is 0. The van der Waals surface area contributed by atoms with Crippen molar-refractivity contribution in [1.82, 2.24) is 4.98 Å². The number of rotatable bonds is 5. The minimum absolute atomic E-state index is 0.0625. The predicted octanol–water partition coefficient (Wildman–Crippen LogP) is 2.22. The lowest BCUT2D eigenvalue weighted by Crippen LogP contribution is -1.87. The Hall–Kier alpha value is -0.890. The summed E-state index contributed by atoms with van der Waals surface area (Å²) in [6.07, 6.45) is 7.67. The Morgan fingerprint density at radius 1 is 1.25 bits per heavy atom. The molecule has 12 heavy (non-hydrogen) atoms. The van der Waals surface area contributed by atoms with Crippen molar-refractivity contribution in [2.75, 3.05) is 6.61 Å². The molecule has 0 fully saturated rings. The number of unbranched alkanes of at least 4 members (excludes halogenated alkanes) is 2. The quantitative estimate of drug-likeness (QED) is 0.614. The number of hydrogen-bond acceptors (Lipinski definition) is 1. The van der Waals surface area contributed by atoms with Crippen LogP contribution in [0.25, 0.3) is 0 Å². The predicted molar refractivity (Wildman–Crippen MR) is 47.3 cm³/mol. The second kappa shape index (κ2) is 5.72. The van der Waals surface area contributed by atoms with E-state index in [4.69, 9.17) is 0 Å². The summed E-state index contributed by atoms with van der Waals surface area (Å²) in [6, 6.07) is 4.02. The van der Waals surface area contributed by atoms with Crippen molar-refractivity contribution >= 4 is 0 Å². The molecule has 2 nitrogen and oxygen atoms in total. The van der Waals surface area contributed by atoms with Gasteiger partial charge in [0.2, 0.25) is 0 Å². The smallest absolute Gasteiger partial charge is 0.0822 e. The van der Waals surface area contributed by atoms with E-state index in [9.17, 15) is 5.11 Å². The largest absolute Gasteiger partial charge is 0.264 e. The zero-order valence-electron chi connectivity index (χ0n) is 7.20. The molecule has 0 saturated heterocycles. The Morgan fingerprint density at radius 3 is 2.83 bits per heavy atom. The van der Waals surface area contributed by atoms with Crippen LogP contribution in [0.2, 0.25) is 0 Å². The van der Waals surface area contributed by atoms with Gasteiger partial charge in [-0.2, -0.15) is 0 Å². The minimum atomic E-state index is 0.0625.